The molecule has 0 spiro atoms. The number of imide groups is 1. The summed E-state index contributed by atoms with van der Waals surface area (Å²) in [5.41, 5.74) is 2.83. The summed E-state index contributed by atoms with van der Waals surface area (Å²) >= 11 is 0. The minimum Gasteiger partial charge on any atom is -0.494 e. The summed E-state index contributed by atoms with van der Waals surface area (Å²) in [5, 5.41) is 0.886. The number of rotatable bonds is 6. The second-order valence-electron chi connectivity index (χ2n) is 7.02. The quantitative estimate of drug-likeness (QED) is 0.618. The lowest BCUT2D eigenvalue weighted by Crippen LogP contribution is -2.47. The highest BCUT2D eigenvalue weighted by Crippen LogP contribution is 2.48. The van der Waals surface area contributed by atoms with E-state index >= 15 is 0 Å². The van der Waals surface area contributed by atoms with E-state index in [1.165, 1.54) is 0 Å². The van der Waals surface area contributed by atoms with Crippen LogP contribution in [0.15, 0.2) is 24.3 Å². The van der Waals surface area contributed by atoms with Gasteiger partial charge in [0, 0.05) is 5.56 Å². The van der Waals surface area contributed by atoms with Crippen molar-refractivity contribution < 1.29 is 23.9 Å². The van der Waals surface area contributed by atoms with Crippen molar-refractivity contribution in [1.82, 2.24) is 10.4 Å². The van der Waals surface area contributed by atoms with Gasteiger partial charge in [0.15, 0.2) is 0 Å². The van der Waals surface area contributed by atoms with Crippen molar-refractivity contribution >= 4 is 17.7 Å². The van der Waals surface area contributed by atoms with Gasteiger partial charge in [0.2, 0.25) is 0 Å². The molecule has 7 heteroatoms. The Hall–Kier alpha value is -2.41. The van der Waals surface area contributed by atoms with Gasteiger partial charge in [-0.05, 0) is 43.5 Å². The third-order valence-electron chi connectivity index (χ3n) is 5.38. The average Bonchev–Trinajstić information content (AvgIpc) is 3.32. The first kappa shape index (κ1) is 17.0. The monoisotopic (exact) mass is 358 g/mol. The van der Waals surface area contributed by atoms with E-state index < -0.39 is 17.7 Å². The van der Waals surface area contributed by atoms with E-state index in [0.29, 0.717) is 17.9 Å². The zero-order valence-corrected chi connectivity index (χ0v) is 14.6. The first-order valence-electron chi connectivity index (χ1n) is 9.17. The first-order valence-corrected chi connectivity index (χ1v) is 9.17. The third kappa shape index (κ3) is 2.76. The zero-order chi connectivity index (χ0) is 18.3. The van der Waals surface area contributed by atoms with Crippen molar-refractivity contribution in [3.05, 3.63) is 29.8 Å². The van der Waals surface area contributed by atoms with Gasteiger partial charge in [0.1, 0.15) is 5.75 Å². The maximum Gasteiger partial charge on any atom is 0.270 e. The van der Waals surface area contributed by atoms with Gasteiger partial charge < -0.3 is 9.47 Å². The molecule has 3 heterocycles. The summed E-state index contributed by atoms with van der Waals surface area (Å²) in [7, 11) is 0. The van der Waals surface area contributed by atoms with Crippen LogP contribution in [-0.4, -0.2) is 41.5 Å². The highest BCUT2D eigenvalue weighted by molar-refractivity contribution is 6.08. The van der Waals surface area contributed by atoms with Crippen molar-refractivity contribution in [3.63, 3.8) is 0 Å². The Morgan fingerprint density at radius 2 is 1.77 bits per heavy atom. The van der Waals surface area contributed by atoms with Gasteiger partial charge in [-0.3, -0.25) is 19.8 Å². The molecule has 138 valence electrons. The number of carbonyl (C=O) groups excluding carboxylic acids is 3. The normalized spacial score (nSPS) is 29.2. The van der Waals surface area contributed by atoms with E-state index in [4.69, 9.17) is 9.47 Å². The second-order valence-corrected chi connectivity index (χ2v) is 7.02. The van der Waals surface area contributed by atoms with E-state index in [1.807, 2.05) is 0 Å². The molecule has 0 unspecified atom stereocenters. The Bertz CT molecular complexity index is 704. The number of nitrogens with zero attached hydrogens (tertiary/aromatic N) is 1. The molecule has 7 nitrogen and oxygen atoms in total. The lowest BCUT2D eigenvalue weighted by atomic mass is 9.81. The molecule has 0 saturated carbocycles. The molecule has 3 aliphatic rings. The highest BCUT2D eigenvalue weighted by Gasteiger charge is 2.62. The van der Waals surface area contributed by atoms with Crippen molar-refractivity contribution in [2.45, 2.75) is 44.8 Å². The van der Waals surface area contributed by atoms with E-state index in [0.717, 1.165) is 30.7 Å². The second kappa shape index (κ2) is 6.72. The topological polar surface area (TPSA) is 84.9 Å². The van der Waals surface area contributed by atoms with E-state index in [1.54, 1.807) is 24.3 Å². The van der Waals surface area contributed by atoms with Crippen LogP contribution in [0.25, 0.3) is 0 Å². The number of carbonyl (C=O) groups is 3. The number of hydrogen-bond acceptors (Lipinski definition) is 5. The molecule has 4 atom stereocenters. The molecule has 26 heavy (non-hydrogen) atoms. The van der Waals surface area contributed by atoms with Gasteiger partial charge in [0.25, 0.3) is 17.7 Å². The Morgan fingerprint density at radius 3 is 2.35 bits per heavy atom. The summed E-state index contributed by atoms with van der Waals surface area (Å²) < 4.78 is 11.2. The number of hydrogen-bond donors (Lipinski definition) is 1. The molecule has 0 radical (unpaired) electrons. The predicted molar refractivity (Wildman–Crippen MR) is 91.0 cm³/mol. The maximum absolute atomic E-state index is 12.5. The average molecular weight is 358 g/mol. The Labute approximate surface area is 151 Å². The molecule has 3 aliphatic heterocycles. The lowest BCUT2D eigenvalue weighted by molar-refractivity contribution is -0.145. The van der Waals surface area contributed by atoms with Crippen LogP contribution >= 0.6 is 0 Å². The van der Waals surface area contributed by atoms with Crippen molar-refractivity contribution in [3.8, 4) is 5.75 Å². The summed E-state index contributed by atoms with van der Waals surface area (Å²) in [6.45, 7) is 2.72. The molecule has 1 N–H and O–H groups in total. The van der Waals surface area contributed by atoms with E-state index in [9.17, 15) is 14.4 Å². The van der Waals surface area contributed by atoms with Crippen molar-refractivity contribution in [1.29, 1.82) is 0 Å². The molecular formula is C19H22N2O5. The summed E-state index contributed by atoms with van der Waals surface area (Å²) in [6, 6.07) is 6.66. The summed E-state index contributed by atoms with van der Waals surface area (Å²) in [4.78, 5) is 37.5. The first-order chi connectivity index (χ1) is 12.6. The van der Waals surface area contributed by atoms with Gasteiger partial charge in [-0.25, -0.2) is 0 Å². The third-order valence-corrected chi connectivity index (χ3v) is 5.38. The molecule has 1 aromatic carbocycles. The van der Waals surface area contributed by atoms with Gasteiger partial charge in [-0.1, -0.05) is 13.3 Å². The van der Waals surface area contributed by atoms with Crippen molar-refractivity contribution in [2.75, 3.05) is 6.61 Å². The fraction of sp³-hybridized carbons (Fsp3) is 0.526. The molecule has 3 fully saturated rings. The minimum atomic E-state index is -0.486. The number of nitrogens with one attached hydrogen (secondary N) is 1. The number of ether oxygens (including phenoxy) is 2. The standard InChI is InChI=1S/C19H22N2O5/c1-2-3-10-25-12-6-4-11(5-7-12)17(22)20-21-18(23)15-13-8-9-14(26-13)16(15)19(21)24/h4-7,13-16H,2-3,8-10H2,1H3,(H,20,22)/t13-,14+,15+,16-. The SMILES string of the molecule is CCCCOc1ccc(C(=O)NN2C(=O)[C@@H]3[C@H](C2=O)[C@@H]2CC[C@H]3O2)cc1. The van der Waals surface area contributed by atoms with Gasteiger partial charge in [0.05, 0.1) is 30.7 Å². The van der Waals surface area contributed by atoms with Crippen LogP contribution in [0.4, 0.5) is 0 Å². The number of unbranched alkanes of at least 4 members (excludes halogenated alkanes) is 1. The van der Waals surface area contributed by atoms with Crippen LogP contribution in [0.3, 0.4) is 0 Å². The van der Waals surface area contributed by atoms with Gasteiger partial charge >= 0.3 is 0 Å². The smallest absolute Gasteiger partial charge is 0.270 e. The maximum atomic E-state index is 12.5. The van der Waals surface area contributed by atoms with Crippen LogP contribution in [-0.2, 0) is 14.3 Å². The zero-order valence-electron chi connectivity index (χ0n) is 14.6. The van der Waals surface area contributed by atoms with Crippen LogP contribution in [0.1, 0.15) is 43.0 Å². The van der Waals surface area contributed by atoms with Gasteiger partial charge in [-0.2, -0.15) is 5.01 Å². The number of amides is 3. The Balaban J connectivity index is 1.40. The van der Waals surface area contributed by atoms with Crippen LogP contribution in [0.5, 0.6) is 5.75 Å². The largest absolute Gasteiger partial charge is 0.494 e. The molecular weight excluding hydrogens is 336 g/mol. The summed E-state index contributed by atoms with van der Waals surface area (Å²) in [5.74, 6) is -1.42. The molecule has 3 amide bonds. The fourth-order valence-corrected chi connectivity index (χ4v) is 4.03. The predicted octanol–water partition coefficient (Wildman–Crippen LogP) is 1.67. The summed E-state index contributed by atoms with van der Waals surface area (Å²) in [6.07, 6.45) is 3.23. The van der Waals surface area contributed by atoms with E-state index in [-0.39, 0.29) is 24.0 Å². The Morgan fingerprint density at radius 1 is 1.15 bits per heavy atom. The van der Waals surface area contributed by atoms with Crippen LogP contribution < -0.4 is 10.2 Å². The number of fused-ring (bicyclic) bond motifs is 5. The Kier molecular flexibility index (Phi) is 4.40. The molecule has 2 bridgehead atoms. The highest BCUT2D eigenvalue weighted by atomic mass is 16.5. The molecule has 4 rings (SSSR count). The van der Waals surface area contributed by atoms with Crippen molar-refractivity contribution in [2.24, 2.45) is 11.8 Å². The molecule has 0 aromatic heterocycles. The van der Waals surface area contributed by atoms with Gasteiger partial charge in [-0.15, -0.1) is 0 Å². The fourth-order valence-electron chi connectivity index (χ4n) is 4.03. The van der Waals surface area contributed by atoms with Crippen LogP contribution in [0, 0.1) is 11.8 Å². The minimum absolute atomic E-state index is 0.192. The lowest BCUT2D eigenvalue weighted by Gasteiger charge is -2.18. The molecule has 0 aliphatic carbocycles. The molecule has 3 saturated heterocycles. The molecule has 1 aromatic rings. The van der Waals surface area contributed by atoms with Crippen LogP contribution in [0.2, 0.25) is 0 Å². The number of hydrazine groups is 1. The van der Waals surface area contributed by atoms with E-state index in [2.05, 4.69) is 12.3 Å². The number of benzene rings is 1.